The van der Waals surface area contributed by atoms with E-state index in [0.29, 0.717) is 5.88 Å². The highest BCUT2D eigenvalue weighted by Crippen LogP contribution is 2.21. The summed E-state index contributed by atoms with van der Waals surface area (Å²) in [6, 6.07) is 6.10. The molecule has 0 aliphatic rings. The fraction of sp³-hybridized carbons (Fsp3) is 0.375. The summed E-state index contributed by atoms with van der Waals surface area (Å²) >= 11 is 0. The van der Waals surface area contributed by atoms with E-state index in [1.54, 1.807) is 12.4 Å². The second kappa shape index (κ2) is 7.01. The van der Waals surface area contributed by atoms with Gasteiger partial charge >= 0.3 is 0 Å². The molecule has 1 heterocycles. The summed E-state index contributed by atoms with van der Waals surface area (Å²) < 4.78 is 5.73. The van der Waals surface area contributed by atoms with Crippen LogP contribution in [0.15, 0.2) is 30.6 Å². The molecule has 4 nitrogen and oxygen atoms in total. The Balaban J connectivity index is 1.99. The molecule has 0 unspecified atom stereocenters. The van der Waals surface area contributed by atoms with Gasteiger partial charge in [-0.1, -0.05) is 13.0 Å². The Kier molecular flexibility index (Phi) is 5.07. The fourth-order valence-corrected chi connectivity index (χ4v) is 1.99. The van der Waals surface area contributed by atoms with Crippen LogP contribution in [0.2, 0.25) is 0 Å². The van der Waals surface area contributed by atoms with Crippen molar-refractivity contribution in [3.8, 4) is 11.6 Å². The summed E-state index contributed by atoms with van der Waals surface area (Å²) in [6.45, 7) is 7.97. The van der Waals surface area contributed by atoms with Gasteiger partial charge in [0.15, 0.2) is 0 Å². The first-order valence-corrected chi connectivity index (χ1v) is 6.95. The van der Waals surface area contributed by atoms with Gasteiger partial charge in [0.25, 0.3) is 0 Å². The number of rotatable bonds is 6. The minimum absolute atomic E-state index is 0.522. The average molecular weight is 271 g/mol. The van der Waals surface area contributed by atoms with E-state index in [1.165, 1.54) is 11.1 Å². The molecule has 0 aliphatic heterocycles. The molecule has 0 atom stereocenters. The van der Waals surface area contributed by atoms with Gasteiger partial charge in [0.2, 0.25) is 5.88 Å². The largest absolute Gasteiger partial charge is 0.437 e. The zero-order chi connectivity index (χ0) is 14.4. The van der Waals surface area contributed by atoms with E-state index >= 15 is 0 Å². The highest BCUT2D eigenvalue weighted by molar-refractivity contribution is 5.35. The van der Waals surface area contributed by atoms with E-state index in [0.717, 1.165) is 31.0 Å². The standard InChI is InChI=1S/C16H21N3O/c1-4-5-17-9-14-10-19-16(11-18-14)20-15-7-12(2)6-13(3)8-15/h6-8,10-11,17H,4-5,9H2,1-3H3. The molecule has 1 aromatic carbocycles. The van der Waals surface area contributed by atoms with Crippen LogP contribution in [0.25, 0.3) is 0 Å². The van der Waals surface area contributed by atoms with Crippen molar-refractivity contribution >= 4 is 0 Å². The van der Waals surface area contributed by atoms with E-state index in [9.17, 15) is 0 Å². The Morgan fingerprint density at radius 1 is 1.05 bits per heavy atom. The van der Waals surface area contributed by atoms with Gasteiger partial charge in [-0.15, -0.1) is 0 Å². The Morgan fingerprint density at radius 3 is 2.40 bits per heavy atom. The molecule has 0 amide bonds. The molecule has 0 radical (unpaired) electrons. The molecule has 0 saturated carbocycles. The molecule has 0 bridgehead atoms. The summed E-state index contributed by atoms with van der Waals surface area (Å²) in [7, 11) is 0. The molecule has 20 heavy (non-hydrogen) atoms. The van der Waals surface area contributed by atoms with Gasteiger partial charge in [0, 0.05) is 6.54 Å². The molecule has 0 spiro atoms. The van der Waals surface area contributed by atoms with Crippen molar-refractivity contribution < 1.29 is 4.74 Å². The van der Waals surface area contributed by atoms with Crippen molar-refractivity contribution in [2.75, 3.05) is 6.54 Å². The lowest BCUT2D eigenvalue weighted by molar-refractivity contribution is 0.458. The van der Waals surface area contributed by atoms with Crippen LogP contribution in [0.5, 0.6) is 11.6 Å². The molecule has 0 saturated heterocycles. The number of nitrogens with one attached hydrogen (secondary N) is 1. The molecule has 2 rings (SSSR count). The summed E-state index contributed by atoms with van der Waals surface area (Å²) in [5.41, 5.74) is 3.27. The normalized spacial score (nSPS) is 10.6. The van der Waals surface area contributed by atoms with Crippen LogP contribution in [-0.2, 0) is 6.54 Å². The van der Waals surface area contributed by atoms with Crippen LogP contribution in [0.3, 0.4) is 0 Å². The molecule has 0 aliphatic carbocycles. The summed E-state index contributed by atoms with van der Waals surface area (Å²) in [6.07, 6.45) is 4.53. The van der Waals surface area contributed by atoms with Crippen molar-refractivity contribution in [2.24, 2.45) is 0 Å². The van der Waals surface area contributed by atoms with Crippen LogP contribution in [0.4, 0.5) is 0 Å². The van der Waals surface area contributed by atoms with E-state index < -0.39 is 0 Å². The third kappa shape index (κ3) is 4.31. The minimum atomic E-state index is 0.522. The van der Waals surface area contributed by atoms with Crippen molar-refractivity contribution in [1.82, 2.24) is 15.3 Å². The summed E-state index contributed by atoms with van der Waals surface area (Å²) in [5.74, 6) is 1.32. The Morgan fingerprint density at radius 2 is 1.80 bits per heavy atom. The van der Waals surface area contributed by atoms with E-state index in [2.05, 4.69) is 28.3 Å². The predicted molar refractivity (Wildman–Crippen MR) is 80.0 cm³/mol. The molecule has 1 aromatic heterocycles. The highest BCUT2D eigenvalue weighted by Gasteiger charge is 2.02. The monoisotopic (exact) mass is 271 g/mol. The van der Waals surface area contributed by atoms with Crippen LogP contribution < -0.4 is 10.1 Å². The Bertz CT molecular complexity index is 532. The van der Waals surface area contributed by atoms with E-state index in [4.69, 9.17) is 4.74 Å². The number of nitrogens with zero attached hydrogens (tertiary/aromatic N) is 2. The highest BCUT2D eigenvalue weighted by atomic mass is 16.5. The van der Waals surface area contributed by atoms with Crippen LogP contribution in [-0.4, -0.2) is 16.5 Å². The lowest BCUT2D eigenvalue weighted by Gasteiger charge is -2.07. The first kappa shape index (κ1) is 14.5. The first-order valence-electron chi connectivity index (χ1n) is 6.95. The third-order valence-corrected chi connectivity index (χ3v) is 2.83. The zero-order valence-corrected chi connectivity index (χ0v) is 12.3. The van der Waals surface area contributed by atoms with Gasteiger partial charge in [-0.05, 0) is 50.1 Å². The van der Waals surface area contributed by atoms with Crippen molar-refractivity contribution in [1.29, 1.82) is 0 Å². The molecule has 106 valence electrons. The SMILES string of the molecule is CCCNCc1cnc(Oc2cc(C)cc(C)c2)cn1. The van der Waals surface area contributed by atoms with Gasteiger partial charge in [0.1, 0.15) is 5.75 Å². The van der Waals surface area contributed by atoms with Gasteiger partial charge < -0.3 is 10.1 Å². The lowest BCUT2D eigenvalue weighted by atomic mass is 10.1. The van der Waals surface area contributed by atoms with Gasteiger partial charge in [0.05, 0.1) is 18.1 Å². The predicted octanol–water partition coefficient (Wildman–Crippen LogP) is 3.39. The maximum atomic E-state index is 5.73. The van der Waals surface area contributed by atoms with Crippen LogP contribution in [0.1, 0.15) is 30.2 Å². The number of benzene rings is 1. The average Bonchev–Trinajstić information content (AvgIpc) is 2.40. The fourth-order valence-electron chi connectivity index (χ4n) is 1.99. The number of hydrogen-bond acceptors (Lipinski definition) is 4. The van der Waals surface area contributed by atoms with Gasteiger partial charge in [-0.25, -0.2) is 4.98 Å². The van der Waals surface area contributed by atoms with Crippen molar-refractivity contribution in [3.63, 3.8) is 0 Å². The Labute approximate surface area is 120 Å². The number of aromatic nitrogens is 2. The van der Waals surface area contributed by atoms with E-state index in [-0.39, 0.29) is 0 Å². The van der Waals surface area contributed by atoms with Crippen molar-refractivity contribution in [3.05, 3.63) is 47.4 Å². The van der Waals surface area contributed by atoms with E-state index in [1.807, 2.05) is 26.0 Å². The number of ether oxygens (including phenoxy) is 1. The van der Waals surface area contributed by atoms with Crippen molar-refractivity contribution in [2.45, 2.75) is 33.7 Å². The molecule has 0 fully saturated rings. The number of aryl methyl sites for hydroxylation is 2. The summed E-state index contributed by atoms with van der Waals surface area (Å²) in [5, 5.41) is 3.29. The maximum Gasteiger partial charge on any atom is 0.237 e. The molecule has 4 heteroatoms. The maximum absolute atomic E-state index is 5.73. The summed E-state index contributed by atoms with van der Waals surface area (Å²) in [4.78, 5) is 8.63. The second-order valence-corrected chi connectivity index (χ2v) is 4.95. The molecule has 2 aromatic rings. The van der Waals surface area contributed by atoms with Crippen LogP contribution >= 0.6 is 0 Å². The number of hydrogen-bond donors (Lipinski definition) is 1. The Hall–Kier alpha value is -1.94. The smallest absolute Gasteiger partial charge is 0.237 e. The zero-order valence-electron chi connectivity index (χ0n) is 12.3. The quantitative estimate of drug-likeness (QED) is 0.818. The van der Waals surface area contributed by atoms with Gasteiger partial charge in [-0.2, -0.15) is 0 Å². The third-order valence-electron chi connectivity index (χ3n) is 2.83. The molecular weight excluding hydrogens is 250 g/mol. The van der Waals surface area contributed by atoms with Gasteiger partial charge in [-0.3, -0.25) is 4.98 Å². The minimum Gasteiger partial charge on any atom is -0.437 e. The lowest BCUT2D eigenvalue weighted by Crippen LogP contribution is -2.14. The molecular formula is C16H21N3O. The first-order chi connectivity index (χ1) is 9.67. The second-order valence-electron chi connectivity index (χ2n) is 4.95. The molecule has 1 N–H and O–H groups in total. The van der Waals surface area contributed by atoms with Crippen LogP contribution in [0, 0.1) is 13.8 Å². The topological polar surface area (TPSA) is 47.0 Å².